The predicted octanol–water partition coefficient (Wildman–Crippen LogP) is 6.26. The van der Waals surface area contributed by atoms with Crippen LogP contribution < -0.4 is 4.74 Å². The van der Waals surface area contributed by atoms with E-state index in [-0.39, 0.29) is 21.6 Å². The number of pyridine rings is 1. The molecular formula is C19H18Br3NO2. The molecule has 0 saturated heterocycles. The van der Waals surface area contributed by atoms with Crippen molar-refractivity contribution in [2.24, 2.45) is 16.2 Å². The molecule has 3 unspecified atom stereocenters. The molecule has 5 rings (SSSR count). The van der Waals surface area contributed by atoms with Crippen molar-refractivity contribution < 1.29 is 9.53 Å². The lowest BCUT2D eigenvalue weighted by Crippen LogP contribution is -2.68. The van der Waals surface area contributed by atoms with Gasteiger partial charge in [-0.15, -0.1) is 0 Å². The summed E-state index contributed by atoms with van der Waals surface area (Å²) in [6.45, 7) is 6.63. The first kappa shape index (κ1) is 17.9. The molecule has 0 aliphatic heterocycles. The number of hydrogen-bond acceptors (Lipinski definition) is 3. The fourth-order valence-electron chi connectivity index (χ4n) is 4.83. The number of benzene rings is 1. The number of carbonyl (C=O) groups excluding carboxylic acids is 1. The van der Waals surface area contributed by atoms with Gasteiger partial charge in [0.15, 0.2) is 5.75 Å². The number of fused-ring (bicyclic) bond motifs is 2. The largest absolute Gasteiger partial charge is 0.423 e. The fraction of sp³-hybridized carbons (Fsp3) is 0.474. The molecule has 3 saturated carbocycles. The van der Waals surface area contributed by atoms with Gasteiger partial charge in [-0.1, -0.05) is 58.7 Å². The normalized spacial score (nSPS) is 32.5. The Hall–Kier alpha value is -0.460. The van der Waals surface area contributed by atoms with E-state index in [4.69, 9.17) is 4.74 Å². The molecule has 6 heteroatoms. The molecule has 3 aliphatic rings. The maximum atomic E-state index is 13.3. The van der Waals surface area contributed by atoms with E-state index in [1.165, 1.54) is 0 Å². The Morgan fingerprint density at radius 3 is 2.56 bits per heavy atom. The Labute approximate surface area is 172 Å². The summed E-state index contributed by atoms with van der Waals surface area (Å²) < 4.78 is 7.62. The summed E-state index contributed by atoms with van der Waals surface area (Å²) in [5, 5.41) is 0.922. The minimum Gasteiger partial charge on any atom is -0.423 e. The van der Waals surface area contributed by atoms with Crippen molar-refractivity contribution in [3.8, 4) is 5.75 Å². The van der Waals surface area contributed by atoms with E-state index in [2.05, 4.69) is 73.5 Å². The topological polar surface area (TPSA) is 39.2 Å². The zero-order valence-electron chi connectivity index (χ0n) is 14.2. The van der Waals surface area contributed by atoms with Crippen LogP contribution >= 0.6 is 47.8 Å². The van der Waals surface area contributed by atoms with Gasteiger partial charge in [0.05, 0.1) is 9.89 Å². The first-order chi connectivity index (χ1) is 11.7. The van der Waals surface area contributed by atoms with E-state index < -0.39 is 5.41 Å². The second-order valence-corrected chi connectivity index (χ2v) is 10.5. The Morgan fingerprint density at radius 1 is 1.24 bits per heavy atom. The highest BCUT2D eigenvalue weighted by atomic mass is 79.9. The molecule has 0 amide bonds. The number of alkyl halides is 1. The summed E-state index contributed by atoms with van der Waals surface area (Å²) in [7, 11) is 0. The number of carbonyl (C=O) groups is 1. The number of esters is 1. The van der Waals surface area contributed by atoms with Crippen molar-refractivity contribution in [3.05, 3.63) is 33.3 Å². The maximum Gasteiger partial charge on any atom is 0.319 e. The smallest absolute Gasteiger partial charge is 0.319 e. The zero-order chi connectivity index (χ0) is 18.2. The lowest BCUT2D eigenvalue weighted by molar-refractivity contribution is -0.176. The summed E-state index contributed by atoms with van der Waals surface area (Å²) in [5.41, 5.74) is 0.215. The van der Waals surface area contributed by atoms with Crippen LogP contribution in [0.1, 0.15) is 33.6 Å². The average Bonchev–Trinajstić information content (AvgIpc) is 2.98. The summed E-state index contributed by atoms with van der Waals surface area (Å²) >= 11 is 10.9. The second-order valence-electron chi connectivity index (χ2n) is 7.83. The van der Waals surface area contributed by atoms with Crippen LogP contribution in [0, 0.1) is 16.2 Å². The van der Waals surface area contributed by atoms with E-state index in [0.717, 1.165) is 27.2 Å². The average molecular weight is 532 g/mol. The molecule has 3 fully saturated rings. The molecule has 0 radical (unpaired) electrons. The zero-order valence-corrected chi connectivity index (χ0v) is 19.0. The quantitative estimate of drug-likeness (QED) is 0.261. The molecule has 3 atom stereocenters. The van der Waals surface area contributed by atoms with Gasteiger partial charge in [0, 0.05) is 20.9 Å². The van der Waals surface area contributed by atoms with Crippen LogP contribution in [0.15, 0.2) is 33.3 Å². The van der Waals surface area contributed by atoms with Crippen molar-refractivity contribution in [1.82, 2.24) is 4.98 Å². The van der Waals surface area contributed by atoms with Gasteiger partial charge in [0.2, 0.25) is 0 Å². The highest BCUT2D eigenvalue weighted by molar-refractivity contribution is 9.11. The standard InChI is InChI=1S/C19H18Br3NO2/c1-17(2)18(3)6-7-19(17,15(18)22)16(24)25-14-12(21)9-11(20)10-5-4-8-23-13(10)14/h4-5,8-9,15H,6-7H2,1-3H3. The molecule has 132 valence electrons. The number of aromatic nitrogens is 1. The molecule has 1 aromatic heterocycles. The Balaban J connectivity index is 1.78. The number of hydrogen-bond donors (Lipinski definition) is 0. The first-order valence-electron chi connectivity index (χ1n) is 8.26. The van der Waals surface area contributed by atoms with Crippen molar-refractivity contribution in [2.75, 3.05) is 0 Å². The third-order valence-electron chi connectivity index (χ3n) is 6.88. The van der Waals surface area contributed by atoms with Gasteiger partial charge >= 0.3 is 5.97 Å². The SMILES string of the molecule is CC12CCC(C(=O)Oc3c(Br)cc(Br)c4cccnc34)(C1Br)C2(C)C. The summed E-state index contributed by atoms with van der Waals surface area (Å²) in [5.74, 6) is 0.332. The molecule has 0 spiro atoms. The summed E-state index contributed by atoms with van der Waals surface area (Å²) in [4.78, 5) is 17.9. The van der Waals surface area contributed by atoms with Crippen LogP contribution in [0.4, 0.5) is 0 Å². The van der Waals surface area contributed by atoms with Crippen LogP contribution in [0.5, 0.6) is 5.75 Å². The third-order valence-corrected chi connectivity index (χ3v) is 9.92. The Bertz CT molecular complexity index is 913. The van der Waals surface area contributed by atoms with Crippen LogP contribution in [0.2, 0.25) is 0 Å². The summed E-state index contributed by atoms with van der Waals surface area (Å²) in [6.07, 6.45) is 3.60. The van der Waals surface area contributed by atoms with Crippen LogP contribution in [0.3, 0.4) is 0 Å². The van der Waals surface area contributed by atoms with Gasteiger partial charge in [0.1, 0.15) is 5.52 Å². The molecule has 2 aromatic rings. The van der Waals surface area contributed by atoms with Crippen molar-refractivity contribution in [3.63, 3.8) is 0 Å². The van der Waals surface area contributed by atoms with Crippen molar-refractivity contribution in [2.45, 2.75) is 38.4 Å². The van der Waals surface area contributed by atoms with Crippen molar-refractivity contribution >= 4 is 64.7 Å². The van der Waals surface area contributed by atoms with E-state index in [9.17, 15) is 4.79 Å². The maximum absolute atomic E-state index is 13.3. The van der Waals surface area contributed by atoms with E-state index in [1.54, 1.807) is 6.20 Å². The monoisotopic (exact) mass is 529 g/mol. The molecule has 3 aliphatic carbocycles. The Kier molecular flexibility index (Phi) is 3.96. The van der Waals surface area contributed by atoms with E-state index in [1.807, 2.05) is 18.2 Å². The molecule has 1 heterocycles. The molecule has 3 nitrogen and oxygen atoms in total. The van der Waals surface area contributed by atoms with E-state index >= 15 is 0 Å². The number of nitrogens with zero attached hydrogens (tertiary/aromatic N) is 1. The molecule has 0 N–H and O–H groups in total. The second kappa shape index (κ2) is 5.52. The van der Waals surface area contributed by atoms with Gasteiger partial charge in [-0.05, 0) is 51.7 Å². The number of ether oxygens (including phenoxy) is 1. The third kappa shape index (κ3) is 2.02. The predicted molar refractivity (Wildman–Crippen MR) is 109 cm³/mol. The van der Waals surface area contributed by atoms with E-state index in [0.29, 0.717) is 11.3 Å². The minimum absolute atomic E-state index is 0.101. The number of halogens is 3. The lowest BCUT2D eigenvalue weighted by Gasteiger charge is -2.63. The van der Waals surface area contributed by atoms with Crippen molar-refractivity contribution in [1.29, 1.82) is 0 Å². The minimum atomic E-state index is -0.491. The highest BCUT2D eigenvalue weighted by Gasteiger charge is 2.81. The van der Waals surface area contributed by atoms with Crippen LogP contribution in [-0.4, -0.2) is 15.8 Å². The van der Waals surface area contributed by atoms with Crippen LogP contribution in [0.25, 0.3) is 10.9 Å². The fourth-order valence-corrected chi connectivity index (χ4v) is 7.98. The highest BCUT2D eigenvalue weighted by Crippen LogP contribution is 2.80. The number of rotatable bonds is 2. The van der Waals surface area contributed by atoms with Gasteiger partial charge in [-0.2, -0.15) is 0 Å². The first-order valence-corrected chi connectivity index (χ1v) is 10.8. The van der Waals surface area contributed by atoms with Gasteiger partial charge in [-0.25, -0.2) is 0 Å². The van der Waals surface area contributed by atoms with Gasteiger partial charge in [0.25, 0.3) is 0 Å². The molecule has 1 aromatic carbocycles. The van der Waals surface area contributed by atoms with Crippen LogP contribution in [-0.2, 0) is 4.79 Å². The molecule has 2 bridgehead atoms. The molecule has 25 heavy (non-hydrogen) atoms. The van der Waals surface area contributed by atoms with Gasteiger partial charge < -0.3 is 4.74 Å². The Morgan fingerprint density at radius 2 is 1.96 bits per heavy atom. The summed E-state index contributed by atoms with van der Waals surface area (Å²) in [6, 6.07) is 5.74. The lowest BCUT2D eigenvalue weighted by atomic mass is 9.43. The molecular weight excluding hydrogens is 514 g/mol. The van der Waals surface area contributed by atoms with Gasteiger partial charge in [-0.3, -0.25) is 9.78 Å².